The van der Waals surface area contributed by atoms with Crippen LogP contribution in [-0.2, 0) is 4.79 Å². The van der Waals surface area contributed by atoms with Crippen LogP contribution in [-0.4, -0.2) is 46.2 Å². The normalized spacial score (nSPS) is 53.4. The van der Waals surface area contributed by atoms with E-state index in [1.54, 1.807) is 0 Å². The molecule has 3 heterocycles. The first-order chi connectivity index (χ1) is 11.1. The zero-order valence-corrected chi connectivity index (χ0v) is 13.4. The van der Waals surface area contributed by atoms with Gasteiger partial charge >= 0.3 is 0 Å². The Kier molecular flexibility index (Phi) is 2.91. The molecule has 2 N–H and O–H groups in total. The van der Waals surface area contributed by atoms with Crippen LogP contribution >= 0.6 is 0 Å². The SMILES string of the molecule is N#C[C@@H]1C[C@@H]2C[C@@H]2N1C(=O)C1NC[C@@H]2C[C@@H]3C[C@H]1C[C@](O)(C2)C3. The Labute approximate surface area is 137 Å². The Morgan fingerprint density at radius 3 is 2.74 bits per heavy atom. The largest absolute Gasteiger partial charge is 0.390 e. The van der Waals surface area contributed by atoms with Gasteiger partial charge in [-0.05, 0) is 75.2 Å². The van der Waals surface area contributed by atoms with Gasteiger partial charge in [-0.3, -0.25) is 4.79 Å². The first-order valence-corrected chi connectivity index (χ1v) is 9.24. The number of nitrogens with zero attached hydrogens (tertiary/aromatic N) is 2. The summed E-state index contributed by atoms with van der Waals surface area (Å²) in [4.78, 5) is 15.1. The molecule has 0 aromatic carbocycles. The predicted octanol–water partition coefficient (Wildman–Crippen LogP) is 1.03. The molecule has 3 saturated carbocycles. The topological polar surface area (TPSA) is 76.4 Å². The molecule has 4 bridgehead atoms. The van der Waals surface area contributed by atoms with Gasteiger partial charge in [-0.2, -0.15) is 5.26 Å². The summed E-state index contributed by atoms with van der Waals surface area (Å²) in [7, 11) is 0. The van der Waals surface area contributed by atoms with Crippen LogP contribution in [0.4, 0.5) is 0 Å². The number of amides is 1. The Balaban J connectivity index is 1.42. The zero-order chi connectivity index (χ0) is 15.8. The number of hydrogen-bond acceptors (Lipinski definition) is 4. The molecule has 23 heavy (non-hydrogen) atoms. The lowest BCUT2D eigenvalue weighted by Crippen LogP contribution is -2.60. The molecule has 0 aromatic heterocycles. The fourth-order valence-electron chi connectivity index (χ4n) is 6.35. The van der Waals surface area contributed by atoms with Crippen molar-refractivity contribution in [3.8, 4) is 6.07 Å². The van der Waals surface area contributed by atoms with Gasteiger partial charge < -0.3 is 15.3 Å². The summed E-state index contributed by atoms with van der Waals surface area (Å²) in [5, 5.41) is 23.8. The van der Waals surface area contributed by atoms with Crippen molar-refractivity contribution in [1.82, 2.24) is 10.2 Å². The number of rotatable bonds is 1. The van der Waals surface area contributed by atoms with Crippen LogP contribution in [0.25, 0.3) is 0 Å². The fourth-order valence-corrected chi connectivity index (χ4v) is 6.35. The maximum atomic E-state index is 13.2. The van der Waals surface area contributed by atoms with E-state index < -0.39 is 5.60 Å². The van der Waals surface area contributed by atoms with E-state index in [2.05, 4.69) is 11.4 Å². The van der Waals surface area contributed by atoms with Crippen LogP contribution in [0.2, 0.25) is 0 Å². The number of carbonyl (C=O) groups excluding carboxylic acids is 1. The predicted molar refractivity (Wildman–Crippen MR) is 83.1 cm³/mol. The van der Waals surface area contributed by atoms with E-state index in [0.29, 0.717) is 23.8 Å². The van der Waals surface area contributed by atoms with Gasteiger partial charge in [0, 0.05) is 6.04 Å². The third kappa shape index (κ3) is 2.15. The second kappa shape index (κ2) is 4.70. The van der Waals surface area contributed by atoms with Crippen molar-refractivity contribution in [1.29, 1.82) is 5.26 Å². The quantitative estimate of drug-likeness (QED) is 0.758. The molecule has 1 amide bonds. The molecule has 0 spiro atoms. The van der Waals surface area contributed by atoms with E-state index in [-0.39, 0.29) is 23.9 Å². The summed E-state index contributed by atoms with van der Waals surface area (Å²) in [5.74, 6) is 2.00. The second-order valence-electron chi connectivity index (χ2n) is 8.88. The fraction of sp³-hybridized carbons (Fsp3) is 0.889. The van der Waals surface area contributed by atoms with Gasteiger partial charge in [0.25, 0.3) is 0 Å². The molecule has 0 radical (unpaired) electrons. The van der Waals surface area contributed by atoms with Crippen LogP contribution in [0, 0.1) is 35.0 Å². The van der Waals surface area contributed by atoms with Crippen molar-refractivity contribution < 1.29 is 9.90 Å². The molecular weight excluding hydrogens is 290 g/mol. The van der Waals surface area contributed by atoms with Gasteiger partial charge in [-0.15, -0.1) is 0 Å². The molecule has 5 nitrogen and oxygen atoms in total. The Hall–Kier alpha value is -1.12. The molecule has 1 unspecified atom stereocenters. The first-order valence-electron chi connectivity index (χ1n) is 9.24. The lowest BCUT2D eigenvalue weighted by Gasteiger charge is -2.52. The van der Waals surface area contributed by atoms with E-state index >= 15 is 0 Å². The number of piperidine rings is 1. The molecule has 0 aromatic rings. The monoisotopic (exact) mass is 315 g/mol. The lowest BCUT2D eigenvalue weighted by atomic mass is 9.59. The van der Waals surface area contributed by atoms with Gasteiger partial charge in [0.05, 0.1) is 17.7 Å². The van der Waals surface area contributed by atoms with Crippen molar-refractivity contribution in [3.05, 3.63) is 0 Å². The minimum Gasteiger partial charge on any atom is -0.390 e. The number of carbonyl (C=O) groups is 1. The minimum absolute atomic E-state index is 0.136. The molecule has 6 fully saturated rings. The highest BCUT2D eigenvalue weighted by molar-refractivity contribution is 5.84. The molecule has 124 valence electrons. The summed E-state index contributed by atoms with van der Waals surface area (Å²) in [6.45, 7) is 0.838. The molecule has 3 aliphatic carbocycles. The van der Waals surface area contributed by atoms with Gasteiger partial charge in [-0.25, -0.2) is 0 Å². The van der Waals surface area contributed by atoms with Crippen molar-refractivity contribution in [2.45, 2.75) is 68.7 Å². The molecule has 8 atom stereocenters. The third-order valence-electron chi connectivity index (χ3n) is 7.15. The standard InChI is InChI=1S/C18H25N3O2/c19-8-14-3-12-4-15(12)21(14)17(22)16-13-2-10-1-11(9-20-16)6-18(23,5-10)7-13/h10-16,20,23H,1-7,9H2/t10-,11-,12-,13+,14+,15+,16?,18-/m1/s1. The van der Waals surface area contributed by atoms with Crippen LogP contribution in [0.3, 0.4) is 0 Å². The van der Waals surface area contributed by atoms with E-state index in [0.717, 1.165) is 45.1 Å². The summed E-state index contributed by atoms with van der Waals surface area (Å²) in [5.41, 5.74) is -0.543. The van der Waals surface area contributed by atoms with E-state index in [4.69, 9.17) is 0 Å². The summed E-state index contributed by atoms with van der Waals surface area (Å²) in [6, 6.07) is 2.23. The van der Waals surface area contributed by atoms with E-state index in [9.17, 15) is 15.2 Å². The van der Waals surface area contributed by atoms with Crippen molar-refractivity contribution in [2.24, 2.45) is 23.7 Å². The molecule has 5 heteroatoms. The van der Waals surface area contributed by atoms with Gasteiger partial charge in [0.15, 0.2) is 0 Å². The maximum Gasteiger partial charge on any atom is 0.241 e. The van der Waals surface area contributed by atoms with Crippen molar-refractivity contribution in [3.63, 3.8) is 0 Å². The number of nitriles is 1. The van der Waals surface area contributed by atoms with Gasteiger partial charge in [0.2, 0.25) is 5.91 Å². The van der Waals surface area contributed by atoms with Gasteiger partial charge in [-0.1, -0.05) is 0 Å². The van der Waals surface area contributed by atoms with Crippen LogP contribution in [0.5, 0.6) is 0 Å². The van der Waals surface area contributed by atoms with E-state index in [1.807, 2.05) is 4.90 Å². The summed E-state index contributed by atoms with van der Waals surface area (Å²) >= 11 is 0. The van der Waals surface area contributed by atoms with E-state index in [1.165, 1.54) is 6.42 Å². The average molecular weight is 315 g/mol. The van der Waals surface area contributed by atoms with Crippen LogP contribution < -0.4 is 5.32 Å². The number of aliphatic hydroxyl groups is 1. The zero-order valence-electron chi connectivity index (χ0n) is 13.4. The van der Waals surface area contributed by atoms with Crippen LogP contribution in [0.15, 0.2) is 0 Å². The van der Waals surface area contributed by atoms with Crippen molar-refractivity contribution in [2.75, 3.05) is 6.54 Å². The van der Waals surface area contributed by atoms with Gasteiger partial charge in [0.1, 0.15) is 6.04 Å². The number of hydrogen-bond donors (Lipinski definition) is 2. The maximum absolute atomic E-state index is 13.2. The third-order valence-corrected chi connectivity index (χ3v) is 7.15. The summed E-state index contributed by atoms with van der Waals surface area (Å²) in [6.07, 6.45) is 6.77. The van der Waals surface area contributed by atoms with Crippen molar-refractivity contribution >= 4 is 5.91 Å². The number of nitrogens with one attached hydrogen (secondary N) is 1. The smallest absolute Gasteiger partial charge is 0.241 e. The second-order valence-corrected chi connectivity index (χ2v) is 8.88. The highest BCUT2D eigenvalue weighted by Crippen LogP contribution is 2.51. The average Bonchev–Trinajstić information content (AvgIpc) is 3.14. The Morgan fingerprint density at radius 2 is 1.96 bits per heavy atom. The molecule has 6 rings (SSSR count). The Bertz CT molecular complexity index is 587. The number of fused-ring (bicyclic) bond motifs is 3. The Morgan fingerprint density at radius 1 is 1.13 bits per heavy atom. The minimum atomic E-state index is -0.543. The highest BCUT2D eigenvalue weighted by Gasteiger charge is 2.57. The number of likely N-dealkylation sites (tertiary alicyclic amines) is 1. The van der Waals surface area contributed by atoms with Crippen LogP contribution in [0.1, 0.15) is 44.9 Å². The molecule has 3 aliphatic heterocycles. The molecular formula is C18H25N3O2. The highest BCUT2D eigenvalue weighted by atomic mass is 16.3. The summed E-state index contributed by atoms with van der Waals surface area (Å²) < 4.78 is 0. The molecule has 6 aliphatic rings. The molecule has 3 saturated heterocycles. The lowest BCUT2D eigenvalue weighted by molar-refractivity contribution is -0.143. The first kappa shape index (κ1) is 14.2.